The predicted molar refractivity (Wildman–Crippen MR) is 67.3 cm³/mol. The first-order valence-corrected chi connectivity index (χ1v) is 6.29. The first-order valence-electron chi connectivity index (χ1n) is 6.29. The molecular weight excluding hydrogens is 273 g/mol. The van der Waals surface area contributed by atoms with Crippen LogP contribution in [0.3, 0.4) is 0 Å². The molecule has 0 aliphatic rings. The third-order valence-corrected chi connectivity index (χ3v) is 3.28. The van der Waals surface area contributed by atoms with Gasteiger partial charge in [-0.25, -0.2) is 4.79 Å². The van der Waals surface area contributed by atoms with Gasteiger partial charge in [0.1, 0.15) is 0 Å². The fourth-order valence-corrected chi connectivity index (χ4v) is 1.95. The molecule has 0 amide bonds. The highest BCUT2D eigenvalue weighted by molar-refractivity contribution is 5.77. The van der Waals surface area contributed by atoms with E-state index in [0.717, 1.165) is 0 Å². The fraction of sp³-hybridized carbons (Fsp3) is 0.500. The second kappa shape index (κ2) is 6.26. The molecule has 0 saturated carbocycles. The van der Waals surface area contributed by atoms with Crippen LogP contribution in [0.1, 0.15) is 38.4 Å². The maximum atomic E-state index is 13.2. The molecule has 1 unspecified atom stereocenters. The molecule has 0 bridgehead atoms. The number of ether oxygens (including phenoxy) is 1. The molecule has 0 heterocycles. The summed E-state index contributed by atoms with van der Waals surface area (Å²) < 4.78 is 44.5. The Morgan fingerprint density at radius 3 is 2.05 bits per heavy atom. The first-order chi connectivity index (χ1) is 9.27. The molecule has 0 aliphatic heterocycles. The van der Waals surface area contributed by atoms with Crippen molar-refractivity contribution in [1.82, 2.24) is 0 Å². The Hall–Kier alpha value is -1.56. The molecule has 0 aliphatic carbocycles. The number of benzene rings is 1. The number of hydrogen-bond donors (Lipinski definition) is 1. The molecule has 6 heteroatoms. The van der Waals surface area contributed by atoms with Crippen molar-refractivity contribution >= 4 is 5.97 Å². The molecule has 1 rings (SSSR count). The molecule has 1 aromatic carbocycles. The summed E-state index contributed by atoms with van der Waals surface area (Å²) in [6, 6.07) is 7.04. The Balaban J connectivity index is 3.17. The molecule has 0 fully saturated rings. The van der Waals surface area contributed by atoms with Gasteiger partial charge in [-0.2, -0.15) is 13.2 Å². The molecule has 0 radical (unpaired) electrons. The molecule has 1 aromatic rings. The van der Waals surface area contributed by atoms with Gasteiger partial charge in [-0.15, -0.1) is 0 Å². The zero-order valence-electron chi connectivity index (χ0n) is 11.3. The van der Waals surface area contributed by atoms with Gasteiger partial charge in [-0.1, -0.05) is 44.2 Å². The van der Waals surface area contributed by atoms with Crippen LogP contribution in [-0.2, 0) is 9.53 Å². The van der Waals surface area contributed by atoms with Crippen LogP contribution in [0.25, 0.3) is 0 Å². The summed E-state index contributed by atoms with van der Waals surface area (Å²) in [4.78, 5) is 11.3. The average Bonchev–Trinajstić information content (AvgIpc) is 2.40. The zero-order chi connectivity index (χ0) is 15.4. The third kappa shape index (κ3) is 3.50. The van der Waals surface area contributed by atoms with E-state index < -0.39 is 23.9 Å². The Labute approximate surface area is 115 Å². The molecule has 1 N–H and O–H groups in total. The van der Waals surface area contributed by atoms with Gasteiger partial charge >= 0.3 is 12.1 Å². The van der Waals surface area contributed by atoms with Crippen LogP contribution >= 0.6 is 0 Å². The highest BCUT2D eigenvalue weighted by atomic mass is 19.4. The third-order valence-electron chi connectivity index (χ3n) is 3.28. The molecule has 20 heavy (non-hydrogen) atoms. The van der Waals surface area contributed by atoms with Crippen LogP contribution in [0, 0.1) is 0 Å². The highest BCUT2D eigenvalue weighted by Gasteiger charge is 2.49. The number of alkyl halides is 3. The Morgan fingerprint density at radius 2 is 1.70 bits per heavy atom. The van der Waals surface area contributed by atoms with E-state index >= 15 is 0 Å². The van der Waals surface area contributed by atoms with Crippen molar-refractivity contribution in [3.63, 3.8) is 0 Å². The maximum Gasteiger partial charge on any atom is 0.418 e. The summed E-state index contributed by atoms with van der Waals surface area (Å²) in [5.74, 6) is -1.38. The summed E-state index contributed by atoms with van der Waals surface area (Å²) in [5.41, 5.74) is -1.94. The maximum absolute atomic E-state index is 13.2. The normalized spacial score (nSPS) is 14.1. The lowest BCUT2D eigenvalue weighted by atomic mass is 9.96. The monoisotopic (exact) mass is 290 g/mol. The summed E-state index contributed by atoms with van der Waals surface area (Å²) in [6.45, 7) is 2.99. The van der Waals surface area contributed by atoms with E-state index in [2.05, 4.69) is 0 Å². The average molecular weight is 290 g/mol. The molecular formula is C14H17F3O3. The number of aliphatic carboxylic acids is 1. The lowest BCUT2D eigenvalue weighted by Gasteiger charge is -2.33. The summed E-state index contributed by atoms with van der Waals surface area (Å²) in [6.07, 6.45) is -7.01. The summed E-state index contributed by atoms with van der Waals surface area (Å²) in [7, 11) is 0. The van der Waals surface area contributed by atoms with Gasteiger partial charge in [0.2, 0.25) is 0 Å². The van der Waals surface area contributed by atoms with Crippen LogP contribution in [0.4, 0.5) is 13.2 Å². The van der Waals surface area contributed by atoms with Crippen molar-refractivity contribution in [2.75, 3.05) is 0 Å². The van der Waals surface area contributed by atoms with Crippen LogP contribution < -0.4 is 0 Å². The minimum atomic E-state index is -4.67. The van der Waals surface area contributed by atoms with E-state index in [0.29, 0.717) is 0 Å². The molecule has 112 valence electrons. The molecule has 0 saturated heterocycles. The van der Waals surface area contributed by atoms with Crippen molar-refractivity contribution < 1.29 is 27.8 Å². The van der Waals surface area contributed by atoms with Gasteiger partial charge in [-0.3, -0.25) is 0 Å². The van der Waals surface area contributed by atoms with Crippen molar-refractivity contribution in [2.24, 2.45) is 0 Å². The van der Waals surface area contributed by atoms with Gasteiger partial charge in [0.05, 0.1) is 0 Å². The standard InChI is InChI=1S/C14H17F3O3/c1-3-13(4-2,12(18)19)20-11(14(15,16)17)10-8-6-5-7-9-10/h5-9,11H,3-4H2,1-2H3,(H,18,19). The summed E-state index contributed by atoms with van der Waals surface area (Å²) in [5, 5.41) is 9.19. The van der Waals surface area contributed by atoms with E-state index in [9.17, 15) is 23.1 Å². The first kappa shape index (κ1) is 16.5. The number of rotatable bonds is 6. The Bertz CT molecular complexity index is 439. The van der Waals surface area contributed by atoms with E-state index in [-0.39, 0.29) is 18.4 Å². The van der Waals surface area contributed by atoms with Gasteiger partial charge in [0.15, 0.2) is 11.7 Å². The van der Waals surface area contributed by atoms with E-state index in [1.807, 2.05) is 0 Å². The molecule has 0 spiro atoms. The van der Waals surface area contributed by atoms with Crippen LogP contribution in [0.2, 0.25) is 0 Å². The quantitative estimate of drug-likeness (QED) is 0.863. The van der Waals surface area contributed by atoms with Gasteiger partial charge in [-0.05, 0) is 18.4 Å². The number of carboxylic acid groups (broad SMARTS) is 1. The topological polar surface area (TPSA) is 46.5 Å². The summed E-state index contributed by atoms with van der Waals surface area (Å²) >= 11 is 0. The predicted octanol–water partition coefficient (Wildman–Crippen LogP) is 3.95. The van der Waals surface area contributed by atoms with Crippen molar-refractivity contribution in [2.45, 2.75) is 44.6 Å². The van der Waals surface area contributed by atoms with Crippen LogP contribution in [-0.4, -0.2) is 22.9 Å². The number of carbonyl (C=O) groups is 1. The second-order valence-corrected chi connectivity index (χ2v) is 4.46. The van der Waals surface area contributed by atoms with Crippen LogP contribution in [0.15, 0.2) is 30.3 Å². The lowest BCUT2D eigenvalue weighted by Crippen LogP contribution is -2.44. The zero-order valence-corrected chi connectivity index (χ0v) is 11.3. The van der Waals surface area contributed by atoms with Gasteiger partial charge < -0.3 is 9.84 Å². The second-order valence-electron chi connectivity index (χ2n) is 4.46. The minimum absolute atomic E-state index is 0.0434. The van der Waals surface area contributed by atoms with Crippen molar-refractivity contribution in [1.29, 1.82) is 0 Å². The van der Waals surface area contributed by atoms with E-state index in [1.54, 1.807) is 6.07 Å². The molecule has 3 nitrogen and oxygen atoms in total. The molecule has 1 atom stereocenters. The van der Waals surface area contributed by atoms with Gasteiger partial charge in [0, 0.05) is 0 Å². The van der Waals surface area contributed by atoms with Gasteiger partial charge in [0.25, 0.3) is 0 Å². The molecule has 0 aromatic heterocycles. The number of halogens is 3. The fourth-order valence-electron chi connectivity index (χ4n) is 1.95. The van der Waals surface area contributed by atoms with E-state index in [1.165, 1.54) is 38.1 Å². The minimum Gasteiger partial charge on any atom is -0.479 e. The highest BCUT2D eigenvalue weighted by Crippen LogP contribution is 2.40. The smallest absolute Gasteiger partial charge is 0.418 e. The number of hydrogen-bond acceptors (Lipinski definition) is 2. The Kier molecular flexibility index (Phi) is 5.16. The van der Waals surface area contributed by atoms with Crippen molar-refractivity contribution in [3.05, 3.63) is 35.9 Å². The largest absolute Gasteiger partial charge is 0.479 e. The van der Waals surface area contributed by atoms with E-state index in [4.69, 9.17) is 4.74 Å². The number of carboxylic acids is 1. The van der Waals surface area contributed by atoms with Crippen LogP contribution in [0.5, 0.6) is 0 Å². The lowest BCUT2D eigenvalue weighted by molar-refractivity contribution is -0.259. The Morgan fingerprint density at radius 1 is 1.20 bits per heavy atom. The van der Waals surface area contributed by atoms with Crippen molar-refractivity contribution in [3.8, 4) is 0 Å². The SMILES string of the molecule is CCC(CC)(OC(c1ccccc1)C(F)(F)F)C(=O)O.